The molecular weight excluding hydrogens is 394 g/mol. The molecule has 5 rings (SSSR count). The Balaban J connectivity index is 1.70. The van der Waals surface area contributed by atoms with Crippen molar-refractivity contribution >= 4 is 17.5 Å². The zero-order valence-corrected chi connectivity index (χ0v) is 17.9. The average Bonchev–Trinajstić information content (AvgIpc) is 3.29. The molecule has 0 saturated heterocycles. The van der Waals surface area contributed by atoms with Gasteiger partial charge in [-0.05, 0) is 33.6 Å². The lowest BCUT2D eigenvalue weighted by Crippen LogP contribution is -2.42. The van der Waals surface area contributed by atoms with Gasteiger partial charge in [-0.15, -0.1) is 0 Å². The van der Waals surface area contributed by atoms with Gasteiger partial charge < -0.3 is 14.8 Å². The molecule has 3 aromatic rings. The monoisotopic (exact) mass is 419 g/mol. The summed E-state index contributed by atoms with van der Waals surface area (Å²) in [4.78, 5) is 41.0. The quantitative estimate of drug-likeness (QED) is 0.702. The van der Waals surface area contributed by atoms with Crippen LogP contribution < -0.4 is 10.9 Å². The van der Waals surface area contributed by atoms with Gasteiger partial charge >= 0.3 is 0 Å². The number of hydrogen-bond donors (Lipinski definition) is 1. The van der Waals surface area contributed by atoms with Crippen molar-refractivity contribution in [3.8, 4) is 11.3 Å². The summed E-state index contributed by atoms with van der Waals surface area (Å²) in [7, 11) is 0. The Labute approximate surface area is 179 Å². The topological polar surface area (TPSA) is 88.7 Å². The van der Waals surface area contributed by atoms with Gasteiger partial charge in [-0.25, -0.2) is 0 Å². The van der Waals surface area contributed by atoms with Crippen molar-refractivity contribution in [1.82, 2.24) is 24.4 Å². The van der Waals surface area contributed by atoms with Gasteiger partial charge in [0.15, 0.2) is 0 Å². The molecule has 8 nitrogen and oxygen atoms in total. The van der Waals surface area contributed by atoms with E-state index in [2.05, 4.69) is 10.4 Å². The number of rotatable bonds is 4. The summed E-state index contributed by atoms with van der Waals surface area (Å²) < 4.78 is 2.98. The zero-order valence-electron chi connectivity index (χ0n) is 17.9. The molecule has 2 amide bonds. The highest BCUT2D eigenvalue weighted by Gasteiger charge is 2.40. The summed E-state index contributed by atoms with van der Waals surface area (Å²) in [5, 5.41) is 7.51. The minimum Gasteiger partial charge on any atom is -0.352 e. The second kappa shape index (κ2) is 6.80. The van der Waals surface area contributed by atoms with Crippen molar-refractivity contribution < 1.29 is 9.59 Å². The van der Waals surface area contributed by atoms with Crippen molar-refractivity contribution in [2.75, 3.05) is 0 Å². The fourth-order valence-electron chi connectivity index (χ4n) is 4.06. The molecule has 8 heteroatoms. The minimum atomic E-state index is -0.450. The van der Waals surface area contributed by atoms with Crippen molar-refractivity contribution in [3.63, 3.8) is 0 Å². The molecule has 0 radical (unpaired) electrons. The van der Waals surface area contributed by atoms with E-state index in [0.717, 1.165) is 18.4 Å². The van der Waals surface area contributed by atoms with E-state index in [1.54, 1.807) is 15.5 Å². The second-order valence-electron chi connectivity index (χ2n) is 9.29. The molecule has 0 unspecified atom stereocenters. The summed E-state index contributed by atoms with van der Waals surface area (Å²) in [6.45, 7) is 5.97. The maximum Gasteiger partial charge on any atom is 0.280 e. The van der Waals surface area contributed by atoms with Gasteiger partial charge in [0.2, 0.25) is 5.91 Å². The maximum absolute atomic E-state index is 13.4. The van der Waals surface area contributed by atoms with E-state index in [1.807, 2.05) is 51.1 Å². The first-order chi connectivity index (χ1) is 14.7. The summed E-state index contributed by atoms with van der Waals surface area (Å²) in [6.07, 6.45) is 1.95. The van der Waals surface area contributed by atoms with Crippen molar-refractivity contribution in [1.29, 1.82) is 0 Å². The van der Waals surface area contributed by atoms with Crippen LogP contribution in [0.15, 0.2) is 41.2 Å². The molecule has 1 N–H and O–H groups in total. The van der Waals surface area contributed by atoms with Crippen LogP contribution in [0, 0.1) is 0 Å². The van der Waals surface area contributed by atoms with E-state index in [-0.39, 0.29) is 42.2 Å². The maximum atomic E-state index is 13.4. The molecule has 2 aliphatic rings. The first-order valence-electron chi connectivity index (χ1n) is 10.6. The minimum absolute atomic E-state index is 0.0355. The number of fused-ring (bicyclic) bond motifs is 2. The third-order valence-corrected chi connectivity index (χ3v) is 5.86. The van der Waals surface area contributed by atoms with Crippen LogP contribution in [0.1, 0.15) is 49.7 Å². The van der Waals surface area contributed by atoms with E-state index >= 15 is 0 Å². The molecule has 1 aromatic carbocycles. The second-order valence-corrected chi connectivity index (χ2v) is 9.29. The Kier molecular flexibility index (Phi) is 4.28. The molecule has 3 heterocycles. The van der Waals surface area contributed by atoms with Crippen molar-refractivity contribution in [2.24, 2.45) is 0 Å². The van der Waals surface area contributed by atoms with Crippen LogP contribution in [0.4, 0.5) is 0 Å². The van der Waals surface area contributed by atoms with Crippen molar-refractivity contribution in [3.05, 3.63) is 58.0 Å². The van der Waals surface area contributed by atoms with Crippen LogP contribution in [0.5, 0.6) is 0 Å². The highest BCUT2D eigenvalue weighted by molar-refractivity contribution is 5.98. The summed E-state index contributed by atoms with van der Waals surface area (Å²) >= 11 is 0. The highest BCUT2D eigenvalue weighted by Crippen LogP contribution is 2.29. The molecule has 2 aromatic heterocycles. The zero-order chi connectivity index (χ0) is 21.9. The Morgan fingerprint density at radius 1 is 1.16 bits per heavy atom. The van der Waals surface area contributed by atoms with Gasteiger partial charge in [0, 0.05) is 23.2 Å². The molecule has 0 spiro atoms. The third-order valence-electron chi connectivity index (χ3n) is 5.86. The van der Waals surface area contributed by atoms with Crippen molar-refractivity contribution in [2.45, 2.75) is 58.3 Å². The number of carbonyl (C=O) groups is 2. The molecule has 1 aliphatic heterocycles. The molecular formula is C23H25N5O3. The first kappa shape index (κ1) is 19.5. The smallest absolute Gasteiger partial charge is 0.280 e. The Morgan fingerprint density at radius 2 is 1.87 bits per heavy atom. The van der Waals surface area contributed by atoms with Gasteiger partial charge in [0.1, 0.15) is 17.9 Å². The van der Waals surface area contributed by atoms with Crippen LogP contribution in [0.3, 0.4) is 0 Å². The fraction of sp³-hybridized carbons (Fsp3) is 0.391. The molecule has 1 fully saturated rings. The Hall–Kier alpha value is -3.42. The largest absolute Gasteiger partial charge is 0.352 e. The number of nitrogens with zero attached hydrogens (tertiary/aromatic N) is 4. The Bertz CT molecular complexity index is 1260. The molecule has 1 aliphatic carbocycles. The number of nitrogens with one attached hydrogen (secondary N) is 1. The van der Waals surface area contributed by atoms with E-state index in [9.17, 15) is 14.4 Å². The number of carbonyl (C=O) groups excluding carboxylic acids is 2. The SMILES string of the molecule is CC(C)(C)N1Cc2c(n(CC(=O)NC3CC3)c3cc(-c4ccccc4)nn3c2=O)C1=O. The lowest BCUT2D eigenvalue weighted by atomic mass is 10.1. The van der Waals surface area contributed by atoms with Gasteiger partial charge in [0.05, 0.1) is 17.8 Å². The van der Waals surface area contributed by atoms with Gasteiger partial charge in [-0.1, -0.05) is 30.3 Å². The predicted molar refractivity (Wildman–Crippen MR) is 116 cm³/mol. The van der Waals surface area contributed by atoms with Crippen LogP contribution in [0.25, 0.3) is 16.9 Å². The number of amides is 2. The fourth-order valence-corrected chi connectivity index (χ4v) is 4.06. The number of benzene rings is 1. The van der Waals surface area contributed by atoms with Crippen LogP contribution in [0.2, 0.25) is 0 Å². The Morgan fingerprint density at radius 3 is 2.52 bits per heavy atom. The molecule has 0 atom stereocenters. The van der Waals surface area contributed by atoms with Crippen LogP contribution in [-0.4, -0.2) is 42.5 Å². The summed E-state index contributed by atoms with van der Waals surface area (Å²) in [6, 6.07) is 11.5. The lowest BCUT2D eigenvalue weighted by Gasteiger charge is -2.31. The van der Waals surface area contributed by atoms with Gasteiger partial charge in [0.25, 0.3) is 11.5 Å². The average molecular weight is 419 g/mol. The number of hydrogen-bond acceptors (Lipinski definition) is 4. The van der Waals surface area contributed by atoms with E-state index in [1.165, 1.54) is 4.52 Å². The lowest BCUT2D eigenvalue weighted by molar-refractivity contribution is -0.121. The van der Waals surface area contributed by atoms with E-state index in [4.69, 9.17) is 0 Å². The molecule has 160 valence electrons. The normalized spacial score (nSPS) is 16.1. The van der Waals surface area contributed by atoms with E-state index in [0.29, 0.717) is 16.9 Å². The summed E-state index contributed by atoms with van der Waals surface area (Å²) in [5.74, 6) is -0.400. The van der Waals surface area contributed by atoms with Gasteiger partial charge in [-0.3, -0.25) is 14.4 Å². The highest BCUT2D eigenvalue weighted by atomic mass is 16.2. The third kappa shape index (κ3) is 3.32. The van der Waals surface area contributed by atoms with Gasteiger partial charge in [-0.2, -0.15) is 9.61 Å². The summed E-state index contributed by atoms with van der Waals surface area (Å²) in [5.41, 5.74) is 1.84. The molecule has 1 saturated carbocycles. The first-order valence-corrected chi connectivity index (χ1v) is 10.6. The standard InChI is InChI=1S/C23H25N5O3/c1-23(2,3)27-12-16-20(22(27)31)26(13-18(29)24-15-9-10-15)19-11-17(25-28(19)21(16)30)14-7-5-4-6-8-14/h4-8,11,15H,9-10,12-13H2,1-3H3,(H,24,29). The van der Waals surface area contributed by atoms with Crippen LogP contribution in [-0.2, 0) is 17.9 Å². The number of aromatic nitrogens is 3. The van der Waals surface area contributed by atoms with Crippen LogP contribution >= 0.6 is 0 Å². The predicted octanol–water partition coefficient (Wildman–Crippen LogP) is 2.20. The van der Waals surface area contributed by atoms with E-state index < -0.39 is 5.54 Å². The molecule has 0 bridgehead atoms. The molecule has 31 heavy (non-hydrogen) atoms.